The summed E-state index contributed by atoms with van der Waals surface area (Å²) in [6.45, 7) is 15.0. The van der Waals surface area contributed by atoms with Crippen molar-refractivity contribution in [2.24, 2.45) is 11.3 Å². The molecule has 2 nitrogen and oxygen atoms in total. The molecular weight excluding hydrogens is 227 g/mol. The van der Waals surface area contributed by atoms with Gasteiger partial charge in [0.25, 0.3) is 0 Å². The maximum Gasteiger partial charge on any atom is 0.116 e. The van der Waals surface area contributed by atoms with Crippen molar-refractivity contribution in [3.63, 3.8) is 0 Å². The first-order valence-corrected chi connectivity index (χ1v) is 7.41. The molecule has 2 atom stereocenters. The zero-order valence-electron chi connectivity index (χ0n) is 12.6. The molecule has 2 saturated heterocycles. The van der Waals surface area contributed by atoms with Crippen LogP contribution in [0.15, 0.2) is 0 Å². The Kier molecular flexibility index (Phi) is 4.03. The monoisotopic (exact) mass is 256 g/mol. The Morgan fingerprint density at radius 2 is 1.72 bits per heavy atom. The van der Waals surface area contributed by atoms with Gasteiger partial charge in [-0.3, -0.25) is 9.80 Å². The van der Waals surface area contributed by atoms with E-state index in [2.05, 4.69) is 44.4 Å². The van der Waals surface area contributed by atoms with Crippen molar-refractivity contribution in [1.82, 2.24) is 9.80 Å². The summed E-state index contributed by atoms with van der Waals surface area (Å²) in [5.41, 5.74) is 0.106. The van der Waals surface area contributed by atoms with Gasteiger partial charge in [-0.25, -0.2) is 4.39 Å². The molecule has 18 heavy (non-hydrogen) atoms. The molecule has 0 aromatic heterocycles. The topological polar surface area (TPSA) is 6.48 Å². The van der Waals surface area contributed by atoms with Crippen molar-refractivity contribution < 1.29 is 4.39 Å². The van der Waals surface area contributed by atoms with E-state index in [-0.39, 0.29) is 11.3 Å². The third-order valence-electron chi connectivity index (χ3n) is 4.82. The molecule has 0 N–H and O–H groups in total. The van der Waals surface area contributed by atoms with Crippen LogP contribution in [0.4, 0.5) is 4.39 Å². The van der Waals surface area contributed by atoms with Crippen molar-refractivity contribution in [3.8, 4) is 0 Å². The van der Waals surface area contributed by atoms with E-state index in [9.17, 15) is 4.39 Å². The van der Waals surface area contributed by atoms with Crippen LogP contribution in [0.25, 0.3) is 0 Å². The van der Waals surface area contributed by atoms with Gasteiger partial charge in [-0.2, -0.15) is 0 Å². The maximum absolute atomic E-state index is 14.3. The molecule has 2 aliphatic rings. The third-order valence-corrected chi connectivity index (χ3v) is 4.82. The maximum atomic E-state index is 14.3. The van der Waals surface area contributed by atoms with Crippen LogP contribution in [0.5, 0.6) is 0 Å². The Bertz CT molecular complexity index is 279. The smallest absolute Gasteiger partial charge is 0.116 e. The lowest BCUT2D eigenvalue weighted by Crippen LogP contribution is -2.64. The lowest BCUT2D eigenvalue weighted by molar-refractivity contribution is -0.0432. The second kappa shape index (κ2) is 5.09. The van der Waals surface area contributed by atoms with Gasteiger partial charge in [0.2, 0.25) is 0 Å². The molecular formula is C15H29FN2. The summed E-state index contributed by atoms with van der Waals surface area (Å²) in [5.74, 6) is 0.232. The van der Waals surface area contributed by atoms with E-state index in [0.29, 0.717) is 18.6 Å². The van der Waals surface area contributed by atoms with Gasteiger partial charge in [0.1, 0.15) is 6.17 Å². The molecule has 0 spiro atoms. The molecule has 0 aromatic carbocycles. The van der Waals surface area contributed by atoms with Crippen molar-refractivity contribution in [2.45, 2.75) is 59.3 Å². The van der Waals surface area contributed by atoms with Crippen molar-refractivity contribution in [1.29, 1.82) is 0 Å². The lowest BCUT2D eigenvalue weighted by Gasteiger charge is -2.51. The number of nitrogens with zero attached hydrogens (tertiary/aromatic N) is 2. The van der Waals surface area contributed by atoms with E-state index in [1.54, 1.807) is 0 Å². The van der Waals surface area contributed by atoms with Crippen LogP contribution in [-0.2, 0) is 0 Å². The normalized spacial score (nSPS) is 32.8. The predicted octanol–water partition coefficient (Wildman–Crippen LogP) is 2.79. The van der Waals surface area contributed by atoms with Gasteiger partial charge in [0, 0.05) is 31.7 Å². The van der Waals surface area contributed by atoms with E-state index >= 15 is 0 Å². The Hall–Kier alpha value is -0.150. The van der Waals surface area contributed by atoms with E-state index in [4.69, 9.17) is 0 Å². The van der Waals surface area contributed by atoms with Gasteiger partial charge in [0.05, 0.1) is 0 Å². The molecule has 106 valence electrons. The summed E-state index contributed by atoms with van der Waals surface area (Å²) in [7, 11) is 0. The summed E-state index contributed by atoms with van der Waals surface area (Å²) in [6.07, 6.45) is 0.370. The van der Waals surface area contributed by atoms with Gasteiger partial charge in [0.15, 0.2) is 0 Å². The standard InChI is InChI=1S/C15H29FN2/c1-11(2)18-8-12(9-18)17-7-6-13(14(16)10-17)15(3,4)5/h11-14H,6-10H2,1-5H3/t13-,14+/m1/s1. The second-order valence-electron chi connectivity index (χ2n) is 7.47. The number of likely N-dealkylation sites (tertiary alicyclic amines) is 2. The molecule has 2 aliphatic heterocycles. The number of hydrogen-bond donors (Lipinski definition) is 0. The molecule has 0 radical (unpaired) electrons. The zero-order chi connectivity index (χ0) is 13.5. The summed E-state index contributed by atoms with van der Waals surface area (Å²) in [4.78, 5) is 4.85. The fourth-order valence-electron chi connectivity index (χ4n) is 3.38. The van der Waals surface area contributed by atoms with Crippen molar-refractivity contribution in [3.05, 3.63) is 0 Å². The molecule has 2 heterocycles. The van der Waals surface area contributed by atoms with Gasteiger partial charge in [-0.05, 0) is 38.1 Å². The third kappa shape index (κ3) is 2.88. The Morgan fingerprint density at radius 3 is 2.17 bits per heavy atom. The predicted molar refractivity (Wildman–Crippen MR) is 74.5 cm³/mol. The minimum atomic E-state index is -0.646. The minimum absolute atomic E-state index is 0.106. The highest BCUT2D eigenvalue weighted by Crippen LogP contribution is 2.37. The Balaban J connectivity index is 1.83. The summed E-state index contributed by atoms with van der Waals surface area (Å²) < 4.78 is 14.3. The fraction of sp³-hybridized carbons (Fsp3) is 1.00. The molecule has 0 aromatic rings. The van der Waals surface area contributed by atoms with Crippen LogP contribution in [-0.4, -0.2) is 54.2 Å². The zero-order valence-corrected chi connectivity index (χ0v) is 12.6. The molecule has 2 rings (SSSR count). The molecule has 0 unspecified atom stereocenters. The van der Waals surface area contributed by atoms with Gasteiger partial charge >= 0.3 is 0 Å². The van der Waals surface area contributed by atoms with Crippen LogP contribution in [0, 0.1) is 11.3 Å². The highest BCUT2D eigenvalue weighted by molar-refractivity contribution is 4.95. The Morgan fingerprint density at radius 1 is 1.11 bits per heavy atom. The van der Waals surface area contributed by atoms with Crippen LogP contribution in [0.2, 0.25) is 0 Å². The van der Waals surface area contributed by atoms with Crippen LogP contribution >= 0.6 is 0 Å². The fourth-order valence-corrected chi connectivity index (χ4v) is 3.38. The number of alkyl halides is 1. The number of hydrogen-bond acceptors (Lipinski definition) is 2. The van der Waals surface area contributed by atoms with Crippen molar-refractivity contribution in [2.75, 3.05) is 26.2 Å². The average Bonchev–Trinajstić information content (AvgIpc) is 2.12. The number of halogens is 1. The van der Waals surface area contributed by atoms with Gasteiger partial charge in [-0.1, -0.05) is 20.8 Å². The SMILES string of the molecule is CC(C)N1CC(N2CC[C@@H](C(C)(C)C)[C@@H](F)C2)C1. The first kappa shape index (κ1) is 14.3. The molecule has 0 bridgehead atoms. The van der Waals surface area contributed by atoms with Gasteiger partial charge in [-0.15, -0.1) is 0 Å². The summed E-state index contributed by atoms with van der Waals surface area (Å²) >= 11 is 0. The molecule has 2 fully saturated rings. The minimum Gasteiger partial charge on any atom is -0.298 e. The van der Waals surface area contributed by atoms with Gasteiger partial charge < -0.3 is 0 Å². The first-order valence-electron chi connectivity index (χ1n) is 7.41. The quantitative estimate of drug-likeness (QED) is 0.749. The number of rotatable bonds is 2. The first-order chi connectivity index (χ1) is 8.29. The highest BCUT2D eigenvalue weighted by atomic mass is 19.1. The average molecular weight is 256 g/mol. The van der Waals surface area contributed by atoms with Crippen LogP contribution in [0.3, 0.4) is 0 Å². The largest absolute Gasteiger partial charge is 0.298 e. The van der Waals surface area contributed by atoms with Crippen LogP contribution in [0.1, 0.15) is 41.0 Å². The lowest BCUT2D eigenvalue weighted by atomic mass is 9.74. The highest BCUT2D eigenvalue weighted by Gasteiger charge is 2.41. The summed E-state index contributed by atoms with van der Waals surface area (Å²) in [5, 5.41) is 0. The molecule has 0 aliphatic carbocycles. The van der Waals surface area contributed by atoms with E-state index in [0.717, 1.165) is 26.1 Å². The van der Waals surface area contributed by atoms with E-state index in [1.165, 1.54) is 0 Å². The number of piperidine rings is 1. The van der Waals surface area contributed by atoms with Crippen LogP contribution < -0.4 is 0 Å². The van der Waals surface area contributed by atoms with Crippen molar-refractivity contribution >= 4 is 0 Å². The van der Waals surface area contributed by atoms with E-state index < -0.39 is 6.17 Å². The Labute approximate surface area is 112 Å². The summed E-state index contributed by atoms with van der Waals surface area (Å²) in [6, 6.07) is 1.24. The molecule has 0 amide bonds. The molecule has 0 saturated carbocycles. The second-order valence-corrected chi connectivity index (χ2v) is 7.47. The molecule has 3 heteroatoms. The van der Waals surface area contributed by atoms with E-state index in [1.807, 2.05) is 0 Å².